The van der Waals surface area contributed by atoms with E-state index in [1.165, 1.54) is 4.31 Å². The largest absolute Gasteiger partial charge is 0.350 e. The predicted octanol–water partition coefficient (Wildman–Crippen LogP) is 4.79. The van der Waals surface area contributed by atoms with Crippen molar-refractivity contribution >= 4 is 27.5 Å². The van der Waals surface area contributed by atoms with E-state index < -0.39 is 21.6 Å². The molecule has 3 rings (SSSR count). The number of para-hydroxylation sites is 1. The number of benzene rings is 3. The Bertz CT molecular complexity index is 1310. The second-order valence-corrected chi connectivity index (χ2v) is 12.6. The molecule has 39 heavy (non-hydrogen) atoms. The van der Waals surface area contributed by atoms with Gasteiger partial charge in [-0.1, -0.05) is 78.9 Å². The lowest BCUT2D eigenvalue weighted by molar-refractivity contribution is -0.142. The third-order valence-electron chi connectivity index (χ3n) is 6.16. The number of carbonyl (C=O) groups excluding carboxylic acids is 2. The van der Waals surface area contributed by atoms with Crippen LogP contribution in [0.15, 0.2) is 91.0 Å². The van der Waals surface area contributed by atoms with Crippen molar-refractivity contribution in [1.29, 1.82) is 0 Å². The van der Waals surface area contributed by atoms with Crippen LogP contribution in [0.4, 0.5) is 5.69 Å². The number of amides is 2. The Morgan fingerprint density at radius 1 is 0.821 bits per heavy atom. The van der Waals surface area contributed by atoms with Gasteiger partial charge >= 0.3 is 0 Å². The van der Waals surface area contributed by atoms with Crippen molar-refractivity contribution in [2.45, 2.75) is 58.2 Å². The first-order valence-electron chi connectivity index (χ1n) is 13.2. The summed E-state index contributed by atoms with van der Waals surface area (Å²) >= 11 is 0. The van der Waals surface area contributed by atoms with Gasteiger partial charge in [-0.25, -0.2) is 8.42 Å². The Morgan fingerprint density at radius 3 is 1.85 bits per heavy atom. The molecule has 208 valence electrons. The van der Waals surface area contributed by atoms with E-state index in [9.17, 15) is 18.0 Å². The number of hydrogen-bond acceptors (Lipinski definition) is 4. The minimum absolute atomic E-state index is 0.0970. The Morgan fingerprint density at radius 2 is 1.33 bits per heavy atom. The molecule has 2 amide bonds. The average molecular weight is 550 g/mol. The summed E-state index contributed by atoms with van der Waals surface area (Å²) in [5, 5.41) is 3.06. The number of sulfonamides is 1. The lowest BCUT2D eigenvalue weighted by atomic mass is 10.00. The Labute approximate surface area is 232 Å². The number of anilines is 1. The van der Waals surface area contributed by atoms with Gasteiger partial charge in [-0.15, -0.1) is 0 Å². The van der Waals surface area contributed by atoms with Crippen molar-refractivity contribution in [3.8, 4) is 0 Å². The fraction of sp³-hybridized carbons (Fsp3) is 0.355. The molecule has 3 aromatic carbocycles. The number of nitrogens with one attached hydrogen (secondary N) is 1. The molecule has 0 fully saturated rings. The van der Waals surface area contributed by atoms with Crippen molar-refractivity contribution < 1.29 is 18.0 Å². The van der Waals surface area contributed by atoms with E-state index in [2.05, 4.69) is 5.32 Å². The molecule has 1 N–H and O–H groups in total. The quantitative estimate of drug-likeness (QED) is 0.352. The van der Waals surface area contributed by atoms with Crippen LogP contribution in [0.1, 0.15) is 44.7 Å². The summed E-state index contributed by atoms with van der Waals surface area (Å²) in [5.74, 6) is -0.428. The van der Waals surface area contributed by atoms with Crippen molar-refractivity contribution in [3.05, 3.63) is 102 Å². The van der Waals surface area contributed by atoms with Gasteiger partial charge in [0.15, 0.2) is 0 Å². The molecule has 0 aliphatic rings. The molecule has 7 nitrogen and oxygen atoms in total. The third-order valence-corrected chi connectivity index (χ3v) is 7.36. The molecule has 0 unspecified atom stereocenters. The molecular formula is C31H39N3O4S. The summed E-state index contributed by atoms with van der Waals surface area (Å²) in [5.41, 5.74) is 1.94. The summed E-state index contributed by atoms with van der Waals surface area (Å²) in [4.78, 5) is 29.0. The third kappa shape index (κ3) is 9.55. The zero-order valence-electron chi connectivity index (χ0n) is 23.2. The molecule has 0 aliphatic heterocycles. The van der Waals surface area contributed by atoms with Crippen LogP contribution < -0.4 is 9.62 Å². The standard InChI is InChI=1S/C31H39N3O4S/c1-31(2,3)32-30(36)28(23-25-15-8-5-9-16-25)33(24-26-17-10-6-11-18-26)29(35)21-14-22-34(39(4,37)38)27-19-12-7-13-20-27/h5-13,15-20,28H,14,21-24H2,1-4H3,(H,32,36)/t28-/m0/s1. The van der Waals surface area contributed by atoms with Gasteiger partial charge in [-0.2, -0.15) is 0 Å². The highest BCUT2D eigenvalue weighted by molar-refractivity contribution is 7.92. The summed E-state index contributed by atoms with van der Waals surface area (Å²) in [6.07, 6.45) is 1.93. The Kier molecular flexibility index (Phi) is 10.3. The molecular weight excluding hydrogens is 510 g/mol. The van der Waals surface area contributed by atoms with Crippen LogP contribution in [-0.4, -0.2) is 49.5 Å². The lowest BCUT2D eigenvalue weighted by Crippen LogP contribution is -2.54. The van der Waals surface area contributed by atoms with E-state index in [-0.39, 0.29) is 31.3 Å². The minimum Gasteiger partial charge on any atom is -0.350 e. The first-order chi connectivity index (χ1) is 18.4. The average Bonchev–Trinajstić information content (AvgIpc) is 2.88. The van der Waals surface area contributed by atoms with Crippen LogP contribution in [0, 0.1) is 0 Å². The lowest BCUT2D eigenvalue weighted by Gasteiger charge is -2.34. The minimum atomic E-state index is -3.53. The maximum absolute atomic E-state index is 13.8. The number of nitrogens with zero attached hydrogens (tertiary/aromatic N) is 2. The van der Waals surface area contributed by atoms with Crippen LogP contribution in [0.3, 0.4) is 0 Å². The molecule has 8 heteroatoms. The van der Waals surface area contributed by atoms with E-state index in [4.69, 9.17) is 0 Å². The smallest absolute Gasteiger partial charge is 0.243 e. The molecule has 0 aromatic heterocycles. The van der Waals surface area contributed by atoms with Crippen LogP contribution in [0.2, 0.25) is 0 Å². The molecule has 0 saturated heterocycles. The number of carbonyl (C=O) groups is 2. The topological polar surface area (TPSA) is 86.8 Å². The second-order valence-electron chi connectivity index (χ2n) is 10.7. The molecule has 0 saturated carbocycles. The number of rotatable bonds is 12. The van der Waals surface area contributed by atoms with E-state index in [0.29, 0.717) is 18.5 Å². The monoisotopic (exact) mass is 549 g/mol. The van der Waals surface area contributed by atoms with Crippen LogP contribution in [-0.2, 0) is 32.6 Å². The highest BCUT2D eigenvalue weighted by atomic mass is 32.2. The van der Waals surface area contributed by atoms with Gasteiger partial charge in [0.1, 0.15) is 6.04 Å². The fourth-order valence-electron chi connectivity index (χ4n) is 4.39. The molecule has 0 spiro atoms. The molecule has 0 aliphatic carbocycles. The molecule has 0 bridgehead atoms. The zero-order chi connectivity index (χ0) is 28.5. The van der Waals surface area contributed by atoms with Crippen LogP contribution in [0.25, 0.3) is 0 Å². The normalized spacial score (nSPS) is 12.4. The van der Waals surface area contributed by atoms with Gasteiger partial charge in [-0.3, -0.25) is 13.9 Å². The predicted molar refractivity (Wildman–Crippen MR) is 157 cm³/mol. The SMILES string of the molecule is CC(C)(C)NC(=O)[C@H](Cc1ccccc1)N(Cc1ccccc1)C(=O)CCCN(c1ccccc1)S(C)(=O)=O. The maximum Gasteiger partial charge on any atom is 0.243 e. The number of hydrogen-bond donors (Lipinski definition) is 1. The van der Waals surface area contributed by atoms with Gasteiger partial charge in [0.05, 0.1) is 11.9 Å². The van der Waals surface area contributed by atoms with Gasteiger partial charge in [0, 0.05) is 31.5 Å². The zero-order valence-corrected chi connectivity index (χ0v) is 24.0. The summed E-state index contributed by atoms with van der Waals surface area (Å²) in [6.45, 7) is 6.17. The van der Waals surface area contributed by atoms with Gasteiger partial charge in [-0.05, 0) is 50.5 Å². The van der Waals surface area contributed by atoms with Gasteiger partial charge in [0.2, 0.25) is 21.8 Å². The van der Waals surface area contributed by atoms with Crippen molar-refractivity contribution in [1.82, 2.24) is 10.2 Å². The Balaban J connectivity index is 1.87. The van der Waals surface area contributed by atoms with Crippen LogP contribution >= 0.6 is 0 Å². The highest BCUT2D eigenvalue weighted by Crippen LogP contribution is 2.20. The summed E-state index contributed by atoms with van der Waals surface area (Å²) in [6, 6.07) is 27.4. The molecule has 3 aromatic rings. The second kappa shape index (κ2) is 13.4. The maximum atomic E-state index is 13.8. The van der Waals surface area contributed by atoms with E-state index in [0.717, 1.165) is 17.4 Å². The van der Waals surface area contributed by atoms with Gasteiger partial charge < -0.3 is 10.2 Å². The van der Waals surface area contributed by atoms with Crippen molar-refractivity contribution in [2.24, 2.45) is 0 Å². The van der Waals surface area contributed by atoms with E-state index >= 15 is 0 Å². The molecule has 0 heterocycles. The van der Waals surface area contributed by atoms with Crippen LogP contribution in [0.5, 0.6) is 0 Å². The summed E-state index contributed by atoms with van der Waals surface area (Å²) in [7, 11) is -3.53. The van der Waals surface area contributed by atoms with Crippen molar-refractivity contribution in [3.63, 3.8) is 0 Å². The van der Waals surface area contributed by atoms with Gasteiger partial charge in [0.25, 0.3) is 0 Å². The van der Waals surface area contributed by atoms with E-state index in [1.54, 1.807) is 29.2 Å². The fourth-order valence-corrected chi connectivity index (χ4v) is 5.35. The van der Waals surface area contributed by atoms with E-state index in [1.807, 2.05) is 87.5 Å². The molecule has 1 atom stereocenters. The van der Waals surface area contributed by atoms with Crippen molar-refractivity contribution in [2.75, 3.05) is 17.1 Å². The first-order valence-corrected chi connectivity index (χ1v) is 15.0. The highest BCUT2D eigenvalue weighted by Gasteiger charge is 2.32. The first kappa shape index (κ1) is 29.9. The summed E-state index contributed by atoms with van der Waals surface area (Å²) < 4.78 is 26.3. The molecule has 0 radical (unpaired) electrons. The Hall–Kier alpha value is -3.65.